The molecule has 1 heterocycles. The van der Waals surface area contributed by atoms with Crippen LogP contribution >= 0.6 is 0 Å². The van der Waals surface area contributed by atoms with Gasteiger partial charge in [-0.3, -0.25) is 9.69 Å². The lowest BCUT2D eigenvalue weighted by Crippen LogP contribution is -2.50. The predicted octanol–water partition coefficient (Wildman–Crippen LogP) is 2.02. The number of carbonyl (C=O) groups is 1. The number of β-amino-alcohol motifs (C(OH)–C–C–N with tert-alkyl or cyclic N) is 1. The number of aliphatic hydroxyl groups is 1. The van der Waals surface area contributed by atoms with Crippen molar-refractivity contribution in [2.24, 2.45) is 0 Å². The monoisotopic (exact) mass is 358 g/mol. The molecule has 138 valence electrons. The van der Waals surface area contributed by atoms with Crippen molar-refractivity contribution < 1.29 is 19.0 Å². The van der Waals surface area contributed by atoms with E-state index in [-0.39, 0.29) is 18.3 Å². The molecule has 0 aromatic heterocycles. The van der Waals surface area contributed by atoms with Crippen molar-refractivity contribution in [2.75, 3.05) is 39.3 Å². The van der Waals surface area contributed by atoms with Crippen LogP contribution in [0.1, 0.15) is 10.4 Å². The van der Waals surface area contributed by atoms with E-state index in [0.717, 1.165) is 0 Å². The Labute approximate surface area is 152 Å². The summed E-state index contributed by atoms with van der Waals surface area (Å²) < 4.78 is 18.3. The zero-order valence-corrected chi connectivity index (χ0v) is 14.6. The maximum Gasteiger partial charge on any atom is 0.253 e. The number of benzene rings is 2. The van der Waals surface area contributed by atoms with Crippen molar-refractivity contribution in [3.63, 3.8) is 0 Å². The van der Waals surface area contributed by atoms with Crippen LogP contribution in [0.3, 0.4) is 0 Å². The minimum absolute atomic E-state index is 0.0467. The van der Waals surface area contributed by atoms with Gasteiger partial charge in [-0.15, -0.1) is 0 Å². The van der Waals surface area contributed by atoms with Crippen molar-refractivity contribution in [3.8, 4) is 5.75 Å². The van der Waals surface area contributed by atoms with Crippen LogP contribution < -0.4 is 4.74 Å². The van der Waals surface area contributed by atoms with Crippen LogP contribution in [0.25, 0.3) is 0 Å². The molecule has 2 aromatic carbocycles. The van der Waals surface area contributed by atoms with E-state index in [2.05, 4.69) is 4.90 Å². The van der Waals surface area contributed by atoms with Crippen LogP contribution in [-0.2, 0) is 0 Å². The van der Waals surface area contributed by atoms with E-state index >= 15 is 0 Å². The van der Waals surface area contributed by atoms with Crippen LogP contribution in [-0.4, -0.2) is 66.2 Å². The van der Waals surface area contributed by atoms with Crippen LogP contribution in [0.4, 0.5) is 4.39 Å². The summed E-state index contributed by atoms with van der Waals surface area (Å²) in [5.41, 5.74) is 0.702. The van der Waals surface area contributed by atoms with Gasteiger partial charge in [0.25, 0.3) is 5.91 Å². The molecule has 5 nitrogen and oxygen atoms in total. The van der Waals surface area contributed by atoms with Gasteiger partial charge in [0.2, 0.25) is 0 Å². The molecule has 0 radical (unpaired) electrons. The fourth-order valence-electron chi connectivity index (χ4n) is 2.97. The number of halogens is 1. The molecule has 1 atom stereocenters. The van der Waals surface area contributed by atoms with Gasteiger partial charge in [0.05, 0.1) is 0 Å². The number of rotatable bonds is 6. The quantitative estimate of drug-likeness (QED) is 0.859. The van der Waals surface area contributed by atoms with Crippen molar-refractivity contribution in [1.82, 2.24) is 9.80 Å². The normalized spacial score (nSPS) is 16.3. The van der Waals surface area contributed by atoms with Gasteiger partial charge in [-0.25, -0.2) is 4.39 Å². The molecule has 1 saturated heterocycles. The fraction of sp³-hybridized carbons (Fsp3) is 0.350. The zero-order valence-electron chi connectivity index (χ0n) is 14.6. The Morgan fingerprint density at radius 1 is 1.04 bits per heavy atom. The number of carbonyl (C=O) groups excluding carboxylic acids is 1. The minimum atomic E-state index is -0.642. The third-order valence-corrected chi connectivity index (χ3v) is 4.41. The van der Waals surface area contributed by atoms with E-state index in [9.17, 15) is 14.3 Å². The number of hydrogen-bond acceptors (Lipinski definition) is 4. The van der Waals surface area contributed by atoms with Crippen molar-refractivity contribution in [1.29, 1.82) is 0 Å². The molecular formula is C20H23FN2O3. The molecular weight excluding hydrogens is 335 g/mol. The highest BCUT2D eigenvalue weighted by Crippen LogP contribution is 2.12. The summed E-state index contributed by atoms with van der Waals surface area (Å²) in [6.07, 6.45) is -0.642. The van der Waals surface area contributed by atoms with Crippen LogP contribution in [0.15, 0.2) is 54.6 Å². The minimum Gasteiger partial charge on any atom is -0.491 e. The van der Waals surface area contributed by atoms with E-state index in [1.165, 1.54) is 24.3 Å². The Morgan fingerprint density at radius 2 is 1.69 bits per heavy atom. The van der Waals surface area contributed by atoms with E-state index in [1.54, 1.807) is 0 Å². The number of hydrogen-bond donors (Lipinski definition) is 1. The van der Waals surface area contributed by atoms with Crippen molar-refractivity contribution in [3.05, 3.63) is 66.0 Å². The summed E-state index contributed by atoms with van der Waals surface area (Å²) in [4.78, 5) is 16.4. The van der Waals surface area contributed by atoms with Crippen molar-refractivity contribution in [2.45, 2.75) is 6.10 Å². The molecule has 1 unspecified atom stereocenters. The lowest BCUT2D eigenvalue weighted by Gasteiger charge is -2.35. The average Bonchev–Trinajstić information content (AvgIpc) is 2.68. The predicted molar refractivity (Wildman–Crippen MR) is 96.7 cm³/mol. The Kier molecular flexibility index (Phi) is 6.20. The molecule has 3 rings (SSSR count). The summed E-state index contributed by atoms with van der Waals surface area (Å²) >= 11 is 0. The lowest BCUT2D eigenvalue weighted by atomic mass is 10.2. The third kappa shape index (κ3) is 5.03. The summed E-state index contributed by atoms with van der Waals surface area (Å²) in [6.45, 7) is 3.33. The maximum atomic E-state index is 12.9. The molecule has 0 spiro atoms. The van der Waals surface area contributed by atoms with Gasteiger partial charge in [-0.2, -0.15) is 0 Å². The highest BCUT2D eigenvalue weighted by Gasteiger charge is 2.23. The second-order valence-electron chi connectivity index (χ2n) is 6.38. The molecule has 0 saturated carbocycles. The van der Waals surface area contributed by atoms with E-state index in [1.807, 2.05) is 35.2 Å². The number of aliphatic hydroxyl groups excluding tert-OH is 1. The maximum absolute atomic E-state index is 12.9. The summed E-state index contributed by atoms with van der Waals surface area (Å²) in [7, 11) is 0. The SMILES string of the molecule is O=C(c1ccccc1)N1CCN(CC(O)COc2ccc(F)cc2)CC1. The molecule has 1 amide bonds. The van der Waals surface area contributed by atoms with Crippen LogP contribution in [0, 0.1) is 5.82 Å². The van der Waals surface area contributed by atoms with Gasteiger partial charge in [-0.05, 0) is 36.4 Å². The second kappa shape index (κ2) is 8.78. The second-order valence-corrected chi connectivity index (χ2v) is 6.38. The zero-order chi connectivity index (χ0) is 18.4. The number of piperazine rings is 1. The van der Waals surface area contributed by atoms with E-state index in [4.69, 9.17) is 4.74 Å². The van der Waals surface area contributed by atoms with E-state index < -0.39 is 6.10 Å². The van der Waals surface area contributed by atoms with Gasteiger partial charge in [-0.1, -0.05) is 18.2 Å². The topological polar surface area (TPSA) is 53.0 Å². The van der Waals surface area contributed by atoms with Gasteiger partial charge in [0.1, 0.15) is 24.3 Å². The largest absolute Gasteiger partial charge is 0.491 e. The molecule has 1 aliphatic heterocycles. The number of nitrogens with zero attached hydrogens (tertiary/aromatic N) is 2. The molecule has 26 heavy (non-hydrogen) atoms. The first-order chi connectivity index (χ1) is 12.6. The molecule has 1 fully saturated rings. The molecule has 1 N–H and O–H groups in total. The van der Waals surface area contributed by atoms with Crippen LogP contribution in [0.2, 0.25) is 0 Å². The smallest absolute Gasteiger partial charge is 0.253 e. The standard InChI is InChI=1S/C20H23FN2O3/c21-17-6-8-19(9-7-17)26-15-18(24)14-22-10-12-23(13-11-22)20(25)16-4-2-1-3-5-16/h1-9,18,24H,10-15H2. The molecule has 0 aliphatic carbocycles. The number of amides is 1. The summed E-state index contributed by atoms with van der Waals surface area (Å²) in [5, 5.41) is 10.1. The van der Waals surface area contributed by atoms with Gasteiger partial charge < -0.3 is 14.7 Å². The van der Waals surface area contributed by atoms with Crippen molar-refractivity contribution >= 4 is 5.91 Å². The Bertz CT molecular complexity index is 701. The lowest BCUT2D eigenvalue weighted by molar-refractivity contribution is 0.0403. The molecule has 2 aromatic rings. The first-order valence-electron chi connectivity index (χ1n) is 8.75. The average molecular weight is 358 g/mol. The number of ether oxygens (including phenoxy) is 1. The molecule has 1 aliphatic rings. The first kappa shape index (κ1) is 18.4. The first-order valence-corrected chi connectivity index (χ1v) is 8.75. The summed E-state index contributed by atoms with van der Waals surface area (Å²) in [6, 6.07) is 15.0. The third-order valence-electron chi connectivity index (χ3n) is 4.41. The van der Waals surface area contributed by atoms with Gasteiger partial charge >= 0.3 is 0 Å². The molecule has 0 bridgehead atoms. The Balaban J connectivity index is 1.40. The van der Waals surface area contributed by atoms with Gasteiger partial charge in [0, 0.05) is 38.3 Å². The highest BCUT2D eigenvalue weighted by atomic mass is 19.1. The van der Waals surface area contributed by atoms with Gasteiger partial charge in [0.15, 0.2) is 0 Å². The fourth-order valence-corrected chi connectivity index (χ4v) is 2.97. The van der Waals surface area contributed by atoms with Crippen LogP contribution in [0.5, 0.6) is 5.75 Å². The Morgan fingerprint density at radius 3 is 2.35 bits per heavy atom. The van der Waals surface area contributed by atoms with E-state index in [0.29, 0.717) is 44.0 Å². The highest BCUT2D eigenvalue weighted by molar-refractivity contribution is 5.94. The Hall–Kier alpha value is -2.44. The summed E-state index contributed by atoms with van der Waals surface area (Å²) in [5.74, 6) is 0.259. The molecule has 6 heteroatoms.